The van der Waals surface area contributed by atoms with Gasteiger partial charge in [-0.05, 0) is 57.0 Å². The van der Waals surface area contributed by atoms with E-state index in [0.29, 0.717) is 0 Å². The normalized spacial score (nSPS) is 12.7. The van der Waals surface area contributed by atoms with Crippen molar-refractivity contribution in [3.8, 4) is 0 Å². The van der Waals surface area contributed by atoms with Gasteiger partial charge in [-0.15, -0.1) is 0 Å². The molecule has 0 saturated carbocycles. The summed E-state index contributed by atoms with van der Waals surface area (Å²) in [6.45, 7) is 5.82. The molecule has 0 aliphatic carbocycles. The number of halogens is 3. The van der Waals surface area contributed by atoms with Crippen LogP contribution < -0.4 is 5.32 Å². The molecule has 0 aliphatic heterocycles. The van der Waals surface area contributed by atoms with Gasteiger partial charge < -0.3 is 5.32 Å². The third kappa shape index (κ3) is 3.11. The van der Waals surface area contributed by atoms with Crippen molar-refractivity contribution in [2.24, 2.45) is 0 Å². The van der Waals surface area contributed by atoms with Gasteiger partial charge in [-0.3, -0.25) is 4.68 Å². The third-order valence-corrected chi connectivity index (χ3v) is 5.03. The second-order valence-electron chi connectivity index (χ2n) is 4.33. The Hall–Kier alpha value is -0.360. The predicted octanol–water partition coefficient (Wildman–Crippen LogP) is 4.78. The van der Waals surface area contributed by atoms with E-state index in [1.165, 1.54) is 0 Å². The first-order chi connectivity index (χ1) is 9.60. The monoisotopic (exact) mass is 419 g/mol. The van der Waals surface area contributed by atoms with E-state index in [-0.39, 0.29) is 6.04 Å². The van der Waals surface area contributed by atoms with E-state index in [1.807, 2.05) is 29.1 Å². The quantitative estimate of drug-likeness (QED) is 0.753. The van der Waals surface area contributed by atoms with Crippen molar-refractivity contribution in [3.63, 3.8) is 0 Å². The number of benzene rings is 1. The molecule has 1 atom stereocenters. The Morgan fingerprint density at radius 1 is 1.30 bits per heavy atom. The van der Waals surface area contributed by atoms with Gasteiger partial charge >= 0.3 is 0 Å². The number of nitrogens with one attached hydrogen (secondary N) is 1. The first-order valence-corrected chi connectivity index (χ1v) is 8.45. The molecule has 1 heterocycles. The lowest BCUT2D eigenvalue weighted by molar-refractivity contribution is 0.541. The summed E-state index contributed by atoms with van der Waals surface area (Å²) in [4.78, 5) is 0. The minimum atomic E-state index is 0.00169. The molecule has 3 nitrogen and oxygen atoms in total. The lowest BCUT2D eigenvalue weighted by Gasteiger charge is -2.22. The van der Waals surface area contributed by atoms with Crippen molar-refractivity contribution in [1.29, 1.82) is 0 Å². The maximum atomic E-state index is 6.46. The zero-order valence-corrected chi connectivity index (χ0v) is 15.3. The van der Waals surface area contributed by atoms with Gasteiger partial charge in [-0.25, -0.2) is 0 Å². The molecular formula is C14H16Br2ClN3. The summed E-state index contributed by atoms with van der Waals surface area (Å²) in [5.74, 6) is 0. The number of aryl methyl sites for hydroxylation is 1. The topological polar surface area (TPSA) is 29.9 Å². The lowest BCUT2D eigenvalue weighted by atomic mass is 10.0. The fourth-order valence-corrected chi connectivity index (χ4v) is 3.35. The highest BCUT2D eigenvalue weighted by Crippen LogP contribution is 2.35. The van der Waals surface area contributed by atoms with Crippen molar-refractivity contribution < 1.29 is 0 Å². The van der Waals surface area contributed by atoms with E-state index in [9.17, 15) is 0 Å². The van der Waals surface area contributed by atoms with Crippen molar-refractivity contribution >= 4 is 43.5 Å². The summed E-state index contributed by atoms with van der Waals surface area (Å²) in [6, 6.07) is 5.98. The fourth-order valence-electron chi connectivity index (χ4n) is 2.21. The average Bonchev–Trinajstić information content (AvgIpc) is 2.81. The summed E-state index contributed by atoms with van der Waals surface area (Å²) in [5, 5.41) is 8.61. The molecule has 0 bridgehead atoms. The van der Waals surface area contributed by atoms with Crippen LogP contribution in [-0.2, 0) is 6.54 Å². The summed E-state index contributed by atoms with van der Waals surface area (Å²) in [5.41, 5.74) is 2.13. The largest absolute Gasteiger partial charge is 0.305 e. The van der Waals surface area contributed by atoms with Gasteiger partial charge in [-0.1, -0.05) is 30.7 Å². The second kappa shape index (κ2) is 7.07. The van der Waals surface area contributed by atoms with Crippen LogP contribution in [0.4, 0.5) is 0 Å². The molecule has 0 amide bonds. The van der Waals surface area contributed by atoms with Crippen LogP contribution >= 0.6 is 43.5 Å². The number of hydrogen-bond acceptors (Lipinski definition) is 2. The molecule has 2 aromatic rings. The van der Waals surface area contributed by atoms with E-state index >= 15 is 0 Å². The molecule has 20 heavy (non-hydrogen) atoms. The molecule has 1 aromatic heterocycles. The van der Waals surface area contributed by atoms with Gasteiger partial charge in [-0.2, -0.15) is 5.10 Å². The smallest absolute Gasteiger partial charge is 0.0774 e. The fraction of sp³-hybridized carbons (Fsp3) is 0.357. The summed E-state index contributed by atoms with van der Waals surface area (Å²) in [7, 11) is 0. The Labute approximate surface area is 141 Å². The molecular weight excluding hydrogens is 405 g/mol. The molecule has 0 spiro atoms. The molecule has 1 unspecified atom stereocenters. The van der Waals surface area contributed by atoms with E-state index < -0.39 is 0 Å². The molecule has 108 valence electrons. The van der Waals surface area contributed by atoms with Gasteiger partial charge in [0, 0.05) is 11.0 Å². The van der Waals surface area contributed by atoms with Crippen molar-refractivity contribution in [1.82, 2.24) is 15.1 Å². The summed E-state index contributed by atoms with van der Waals surface area (Å²) >= 11 is 13.5. The highest BCUT2D eigenvalue weighted by Gasteiger charge is 2.23. The van der Waals surface area contributed by atoms with E-state index in [0.717, 1.165) is 38.3 Å². The van der Waals surface area contributed by atoms with Crippen LogP contribution in [0.3, 0.4) is 0 Å². The number of nitrogens with zero attached hydrogens (tertiary/aromatic N) is 2. The van der Waals surface area contributed by atoms with E-state index in [4.69, 9.17) is 11.6 Å². The highest BCUT2D eigenvalue weighted by molar-refractivity contribution is 9.10. The van der Waals surface area contributed by atoms with Crippen molar-refractivity contribution in [2.45, 2.75) is 26.4 Å². The first kappa shape index (κ1) is 16.0. The Morgan fingerprint density at radius 3 is 2.70 bits per heavy atom. The SMILES string of the molecule is CCNC(c1cccc(Br)c1Cl)c1c(Br)cnn1CC. The van der Waals surface area contributed by atoms with Gasteiger partial charge in [0.05, 0.1) is 27.4 Å². The van der Waals surface area contributed by atoms with Crippen LogP contribution in [0.5, 0.6) is 0 Å². The zero-order valence-electron chi connectivity index (χ0n) is 11.3. The van der Waals surface area contributed by atoms with Crippen LogP contribution in [0.25, 0.3) is 0 Å². The molecule has 0 saturated heterocycles. The molecule has 2 rings (SSSR count). The van der Waals surface area contributed by atoms with Gasteiger partial charge in [0.1, 0.15) is 0 Å². The van der Waals surface area contributed by atoms with Crippen molar-refractivity contribution in [2.75, 3.05) is 6.54 Å². The standard InChI is InChI=1S/C14H16Br2ClN3/c1-3-18-13(9-6-5-7-10(15)12(9)17)14-11(16)8-19-20(14)4-2/h5-8,13,18H,3-4H2,1-2H3. The lowest BCUT2D eigenvalue weighted by Crippen LogP contribution is -2.25. The maximum absolute atomic E-state index is 6.46. The average molecular weight is 422 g/mol. The minimum Gasteiger partial charge on any atom is -0.305 e. The van der Waals surface area contributed by atoms with Crippen LogP contribution in [0.2, 0.25) is 5.02 Å². The van der Waals surface area contributed by atoms with Crippen LogP contribution in [0, 0.1) is 0 Å². The van der Waals surface area contributed by atoms with Crippen LogP contribution in [-0.4, -0.2) is 16.3 Å². The van der Waals surface area contributed by atoms with E-state index in [1.54, 1.807) is 0 Å². The van der Waals surface area contributed by atoms with Gasteiger partial charge in [0.2, 0.25) is 0 Å². The molecule has 1 N–H and O–H groups in total. The highest BCUT2D eigenvalue weighted by atomic mass is 79.9. The Kier molecular flexibility index (Phi) is 5.66. The maximum Gasteiger partial charge on any atom is 0.0774 e. The first-order valence-electron chi connectivity index (χ1n) is 6.48. The summed E-state index contributed by atoms with van der Waals surface area (Å²) < 4.78 is 3.87. The second-order valence-corrected chi connectivity index (χ2v) is 6.41. The molecule has 0 radical (unpaired) electrons. The Balaban J connectivity index is 2.56. The molecule has 0 aliphatic rings. The molecule has 0 fully saturated rings. The number of rotatable bonds is 5. The molecule has 1 aromatic carbocycles. The van der Waals surface area contributed by atoms with Gasteiger partial charge in [0.15, 0.2) is 0 Å². The molecule has 6 heteroatoms. The van der Waals surface area contributed by atoms with Gasteiger partial charge in [0.25, 0.3) is 0 Å². The number of hydrogen-bond donors (Lipinski definition) is 1. The predicted molar refractivity (Wildman–Crippen MR) is 90.3 cm³/mol. The minimum absolute atomic E-state index is 0.00169. The number of aromatic nitrogens is 2. The van der Waals surface area contributed by atoms with E-state index in [2.05, 4.69) is 56.1 Å². The Bertz CT molecular complexity index is 598. The Morgan fingerprint density at radius 2 is 2.05 bits per heavy atom. The zero-order chi connectivity index (χ0) is 14.7. The third-order valence-electron chi connectivity index (χ3n) is 3.11. The van der Waals surface area contributed by atoms with Crippen LogP contribution in [0.1, 0.15) is 31.1 Å². The van der Waals surface area contributed by atoms with Crippen LogP contribution in [0.15, 0.2) is 33.3 Å². The summed E-state index contributed by atoms with van der Waals surface area (Å²) in [6.07, 6.45) is 1.83. The van der Waals surface area contributed by atoms with Crippen molar-refractivity contribution in [3.05, 3.63) is 49.6 Å².